The number of rotatable bonds is 3. The Kier molecular flexibility index (Phi) is 5.56. The van der Waals surface area contributed by atoms with Crippen molar-refractivity contribution in [1.29, 1.82) is 0 Å². The van der Waals surface area contributed by atoms with Gasteiger partial charge in [-0.15, -0.1) is 0 Å². The monoisotopic (exact) mass is 433 g/mol. The molecule has 0 aliphatic carbocycles. The van der Waals surface area contributed by atoms with Crippen LogP contribution in [0.5, 0.6) is 5.95 Å². The molecule has 2 amide bonds. The molecule has 1 aromatic carbocycles. The lowest BCUT2D eigenvalue weighted by Gasteiger charge is -2.26. The molecule has 1 fully saturated rings. The van der Waals surface area contributed by atoms with Crippen molar-refractivity contribution in [2.75, 3.05) is 33.4 Å². The number of halogens is 2. The van der Waals surface area contributed by atoms with Gasteiger partial charge in [-0.2, -0.15) is 0 Å². The lowest BCUT2D eigenvalue weighted by molar-refractivity contribution is 0.0296. The number of carbonyl (C=O) groups is 2. The van der Waals surface area contributed by atoms with Gasteiger partial charge in [0, 0.05) is 37.2 Å². The highest BCUT2D eigenvalue weighted by molar-refractivity contribution is 6.35. The highest BCUT2D eigenvalue weighted by atomic mass is 35.5. The first-order valence-electron chi connectivity index (χ1n) is 9.13. The van der Waals surface area contributed by atoms with E-state index in [1.807, 2.05) is 0 Å². The van der Waals surface area contributed by atoms with Gasteiger partial charge in [-0.1, -0.05) is 11.6 Å². The Bertz CT molecular complexity index is 1130. The molecule has 10 heteroatoms. The SMILES string of the molecule is CNC(=O)Oc1cc2cc(-c3ccc(F)c(C(=O)N4CCOCC4)n3)cc(Cl)c2o1. The number of ether oxygens (including phenoxy) is 2. The molecule has 0 saturated carbocycles. The average Bonchev–Trinajstić information content (AvgIpc) is 3.17. The minimum atomic E-state index is -0.702. The van der Waals surface area contributed by atoms with Crippen molar-refractivity contribution in [3.63, 3.8) is 0 Å². The van der Waals surface area contributed by atoms with Crippen LogP contribution in [-0.2, 0) is 4.74 Å². The Balaban J connectivity index is 1.69. The van der Waals surface area contributed by atoms with Crippen molar-refractivity contribution in [3.8, 4) is 17.2 Å². The first-order valence-corrected chi connectivity index (χ1v) is 9.50. The third kappa shape index (κ3) is 3.94. The number of nitrogens with one attached hydrogen (secondary N) is 1. The van der Waals surface area contributed by atoms with Gasteiger partial charge >= 0.3 is 6.09 Å². The standard InChI is InChI=1S/C20H17ClFN3O5/c1-23-20(27)30-16-10-12-8-11(9-13(21)18(12)29-16)15-3-2-14(22)17(24-15)19(26)25-4-6-28-7-5-25/h2-3,8-10H,4-7H2,1H3,(H,23,27). The number of hydrogen-bond donors (Lipinski definition) is 1. The van der Waals surface area contributed by atoms with Gasteiger partial charge in [0.1, 0.15) is 0 Å². The quantitative estimate of drug-likeness (QED) is 0.679. The molecule has 1 saturated heterocycles. The molecule has 0 atom stereocenters. The fourth-order valence-corrected chi connectivity index (χ4v) is 3.36. The van der Waals surface area contributed by atoms with Crippen LogP contribution in [0.3, 0.4) is 0 Å². The van der Waals surface area contributed by atoms with E-state index >= 15 is 0 Å². The van der Waals surface area contributed by atoms with E-state index in [0.29, 0.717) is 48.5 Å². The van der Waals surface area contributed by atoms with Crippen LogP contribution in [0, 0.1) is 5.82 Å². The Labute approximate surface area is 175 Å². The molecule has 0 unspecified atom stereocenters. The summed E-state index contributed by atoms with van der Waals surface area (Å²) in [6, 6.07) is 7.45. The molecule has 4 rings (SSSR count). The molecule has 8 nitrogen and oxygen atoms in total. The Morgan fingerprint density at radius 3 is 2.73 bits per heavy atom. The van der Waals surface area contributed by atoms with Gasteiger partial charge in [0.2, 0.25) is 0 Å². The summed E-state index contributed by atoms with van der Waals surface area (Å²) in [5, 5.41) is 3.13. The molecular formula is C20H17ClFN3O5. The number of amides is 2. The molecule has 1 N–H and O–H groups in total. The largest absolute Gasteiger partial charge is 0.424 e. The van der Waals surface area contributed by atoms with Gasteiger partial charge in [-0.05, 0) is 24.3 Å². The highest BCUT2D eigenvalue weighted by Gasteiger charge is 2.24. The van der Waals surface area contributed by atoms with Crippen molar-refractivity contribution < 1.29 is 27.9 Å². The van der Waals surface area contributed by atoms with Gasteiger partial charge in [0.25, 0.3) is 11.9 Å². The molecule has 3 aromatic rings. The topological polar surface area (TPSA) is 93.9 Å². The summed E-state index contributed by atoms with van der Waals surface area (Å²) in [6.45, 7) is 1.57. The van der Waals surface area contributed by atoms with Crippen LogP contribution in [0.1, 0.15) is 10.5 Å². The van der Waals surface area contributed by atoms with Crippen molar-refractivity contribution in [1.82, 2.24) is 15.2 Å². The first-order chi connectivity index (χ1) is 14.5. The number of benzene rings is 1. The average molecular weight is 434 g/mol. The minimum Gasteiger partial charge on any atom is -0.424 e. The molecule has 3 heterocycles. The highest BCUT2D eigenvalue weighted by Crippen LogP contribution is 2.35. The van der Waals surface area contributed by atoms with Gasteiger partial charge in [0.05, 0.1) is 23.9 Å². The van der Waals surface area contributed by atoms with E-state index in [9.17, 15) is 14.0 Å². The molecular weight excluding hydrogens is 417 g/mol. The predicted molar refractivity (Wildman–Crippen MR) is 106 cm³/mol. The number of morpholine rings is 1. The minimum absolute atomic E-state index is 0.0290. The third-order valence-electron chi connectivity index (χ3n) is 4.59. The summed E-state index contributed by atoms with van der Waals surface area (Å²) < 4.78 is 30.0. The van der Waals surface area contributed by atoms with E-state index in [1.165, 1.54) is 30.1 Å². The number of carbonyl (C=O) groups excluding carboxylic acids is 2. The zero-order chi connectivity index (χ0) is 21.3. The molecule has 0 spiro atoms. The Morgan fingerprint density at radius 2 is 2.00 bits per heavy atom. The number of fused-ring (bicyclic) bond motifs is 1. The lowest BCUT2D eigenvalue weighted by atomic mass is 10.1. The van der Waals surface area contributed by atoms with Gasteiger partial charge < -0.3 is 24.1 Å². The maximum Gasteiger partial charge on any atom is 0.414 e. The molecule has 0 radical (unpaired) electrons. The second-order valence-electron chi connectivity index (χ2n) is 6.51. The number of aromatic nitrogens is 1. The third-order valence-corrected chi connectivity index (χ3v) is 4.87. The molecule has 0 bridgehead atoms. The van der Waals surface area contributed by atoms with Crippen LogP contribution in [0.15, 0.2) is 34.7 Å². The molecule has 156 valence electrons. The van der Waals surface area contributed by atoms with Crippen molar-refractivity contribution >= 4 is 34.6 Å². The lowest BCUT2D eigenvalue weighted by Crippen LogP contribution is -2.41. The van der Waals surface area contributed by atoms with Crippen LogP contribution >= 0.6 is 11.6 Å². The second kappa shape index (κ2) is 8.29. The summed E-state index contributed by atoms with van der Waals surface area (Å²) >= 11 is 6.31. The van der Waals surface area contributed by atoms with E-state index in [-0.39, 0.29) is 16.7 Å². The molecule has 30 heavy (non-hydrogen) atoms. The van der Waals surface area contributed by atoms with E-state index in [0.717, 1.165) is 0 Å². The summed E-state index contributed by atoms with van der Waals surface area (Å²) in [6.07, 6.45) is -0.683. The Hall–Kier alpha value is -3.17. The number of furan rings is 1. The predicted octanol–water partition coefficient (Wildman–Crippen LogP) is 3.48. The zero-order valence-electron chi connectivity index (χ0n) is 15.9. The number of hydrogen-bond acceptors (Lipinski definition) is 6. The van der Waals surface area contributed by atoms with Gasteiger partial charge in [-0.3, -0.25) is 4.79 Å². The van der Waals surface area contributed by atoms with Crippen LogP contribution in [0.2, 0.25) is 5.02 Å². The van der Waals surface area contributed by atoms with Gasteiger partial charge in [0.15, 0.2) is 17.1 Å². The maximum atomic E-state index is 14.3. The first kappa shape index (κ1) is 20.1. The van der Waals surface area contributed by atoms with Crippen molar-refractivity contribution in [2.24, 2.45) is 0 Å². The van der Waals surface area contributed by atoms with E-state index in [1.54, 1.807) is 12.1 Å². The smallest absolute Gasteiger partial charge is 0.414 e. The molecule has 1 aliphatic heterocycles. The van der Waals surface area contributed by atoms with Gasteiger partial charge in [-0.25, -0.2) is 14.2 Å². The fraction of sp³-hybridized carbons (Fsp3) is 0.250. The summed E-state index contributed by atoms with van der Waals surface area (Å²) in [7, 11) is 1.42. The summed E-state index contributed by atoms with van der Waals surface area (Å²) in [5.74, 6) is -1.22. The number of nitrogens with zero attached hydrogens (tertiary/aromatic N) is 2. The second-order valence-corrected chi connectivity index (χ2v) is 6.92. The van der Waals surface area contributed by atoms with E-state index < -0.39 is 17.8 Å². The van der Waals surface area contributed by atoms with Crippen LogP contribution in [-0.4, -0.2) is 55.2 Å². The van der Waals surface area contributed by atoms with E-state index in [4.69, 9.17) is 25.5 Å². The normalized spacial score (nSPS) is 14.0. The summed E-state index contributed by atoms with van der Waals surface area (Å²) in [4.78, 5) is 29.8. The summed E-state index contributed by atoms with van der Waals surface area (Å²) in [5.41, 5.74) is 0.982. The van der Waals surface area contributed by atoms with E-state index in [2.05, 4.69) is 10.3 Å². The van der Waals surface area contributed by atoms with Crippen molar-refractivity contribution in [2.45, 2.75) is 0 Å². The molecule has 2 aromatic heterocycles. The van der Waals surface area contributed by atoms with Crippen LogP contribution < -0.4 is 10.1 Å². The fourth-order valence-electron chi connectivity index (χ4n) is 3.10. The van der Waals surface area contributed by atoms with Crippen LogP contribution in [0.25, 0.3) is 22.2 Å². The van der Waals surface area contributed by atoms with Crippen LogP contribution in [0.4, 0.5) is 9.18 Å². The maximum absolute atomic E-state index is 14.3. The molecule has 1 aliphatic rings. The Morgan fingerprint density at radius 1 is 1.23 bits per heavy atom. The van der Waals surface area contributed by atoms with Crippen molar-refractivity contribution in [3.05, 3.63) is 46.9 Å². The zero-order valence-corrected chi connectivity index (χ0v) is 16.7. The number of pyridine rings is 1.